The van der Waals surface area contributed by atoms with Crippen LogP contribution in [0.2, 0.25) is 0 Å². The summed E-state index contributed by atoms with van der Waals surface area (Å²) in [6.07, 6.45) is 1.99. The number of hydrogen-bond donors (Lipinski definition) is 1. The highest BCUT2D eigenvalue weighted by Gasteiger charge is 2.18. The van der Waals surface area contributed by atoms with Crippen LogP contribution < -0.4 is 10.1 Å². The van der Waals surface area contributed by atoms with Gasteiger partial charge in [0.05, 0.1) is 6.61 Å². The van der Waals surface area contributed by atoms with Gasteiger partial charge >= 0.3 is 5.97 Å². The van der Waals surface area contributed by atoms with E-state index in [0.29, 0.717) is 12.3 Å². The minimum absolute atomic E-state index is 0.397. The number of amides is 1. The number of hydrogen-bond acceptors (Lipinski definition) is 4. The molecule has 1 unspecified atom stereocenters. The smallest absolute Gasteiger partial charge is 0.331 e. The number of ether oxygens (including phenoxy) is 2. The molecule has 5 heteroatoms. The van der Waals surface area contributed by atoms with Crippen LogP contribution in [-0.2, 0) is 14.3 Å². The van der Waals surface area contributed by atoms with Crippen LogP contribution in [-0.4, -0.2) is 24.6 Å². The zero-order valence-electron chi connectivity index (χ0n) is 17.6. The fourth-order valence-corrected chi connectivity index (χ4v) is 2.97. The molecule has 0 fully saturated rings. The third kappa shape index (κ3) is 6.31. The van der Waals surface area contributed by atoms with Gasteiger partial charge in [0.15, 0.2) is 6.10 Å². The van der Waals surface area contributed by atoms with Crippen molar-refractivity contribution in [2.45, 2.75) is 20.0 Å². The Morgan fingerprint density at radius 3 is 2.32 bits per heavy atom. The third-order valence-corrected chi connectivity index (χ3v) is 4.53. The molecule has 1 atom stereocenters. The first kappa shape index (κ1) is 21.8. The van der Waals surface area contributed by atoms with Crippen molar-refractivity contribution < 1.29 is 19.1 Å². The molecule has 3 aromatic carbocycles. The van der Waals surface area contributed by atoms with Gasteiger partial charge in [-0.3, -0.25) is 4.79 Å². The monoisotopic (exact) mass is 415 g/mol. The molecule has 0 aliphatic carbocycles. The summed E-state index contributed by atoms with van der Waals surface area (Å²) in [5.74, 6) is -0.220. The summed E-state index contributed by atoms with van der Waals surface area (Å²) in [7, 11) is 0. The van der Waals surface area contributed by atoms with Crippen LogP contribution in [0.3, 0.4) is 0 Å². The molecule has 1 N–H and O–H groups in total. The predicted octanol–water partition coefficient (Wildman–Crippen LogP) is 5.34. The number of rotatable bonds is 8. The highest BCUT2D eigenvalue weighted by atomic mass is 16.5. The standard InChI is InChI=1S/C26H25NO4/c1-3-30-22-16-13-20(14-17-22)15-18-25(28)31-19(2)26(29)27-24-12-8-7-11-23(24)21-9-5-4-6-10-21/h4-19H,3H2,1-2H3,(H,27,29)/b18-15+. The minimum Gasteiger partial charge on any atom is -0.494 e. The van der Waals surface area contributed by atoms with E-state index < -0.39 is 18.0 Å². The van der Waals surface area contributed by atoms with E-state index in [9.17, 15) is 9.59 Å². The Kier molecular flexibility index (Phi) is 7.60. The lowest BCUT2D eigenvalue weighted by atomic mass is 10.0. The molecule has 0 saturated heterocycles. The fourth-order valence-electron chi connectivity index (χ4n) is 2.97. The van der Waals surface area contributed by atoms with Crippen LogP contribution in [0.1, 0.15) is 19.4 Å². The molecule has 0 aromatic heterocycles. The average molecular weight is 415 g/mol. The van der Waals surface area contributed by atoms with Crippen molar-refractivity contribution >= 4 is 23.6 Å². The Hall–Kier alpha value is -3.86. The summed E-state index contributed by atoms with van der Waals surface area (Å²) in [5.41, 5.74) is 3.37. The molecule has 158 valence electrons. The molecule has 0 heterocycles. The lowest BCUT2D eigenvalue weighted by Crippen LogP contribution is -2.29. The van der Waals surface area contributed by atoms with Crippen LogP contribution in [0.4, 0.5) is 5.69 Å². The van der Waals surface area contributed by atoms with Gasteiger partial charge in [-0.1, -0.05) is 60.7 Å². The van der Waals surface area contributed by atoms with Crippen molar-refractivity contribution in [1.82, 2.24) is 0 Å². The van der Waals surface area contributed by atoms with Gasteiger partial charge in [-0.05, 0) is 49.2 Å². The van der Waals surface area contributed by atoms with Gasteiger partial charge in [-0.25, -0.2) is 4.79 Å². The van der Waals surface area contributed by atoms with E-state index in [1.807, 2.05) is 85.8 Å². The molecule has 31 heavy (non-hydrogen) atoms. The molecular formula is C26H25NO4. The number of carbonyl (C=O) groups excluding carboxylic acids is 2. The van der Waals surface area contributed by atoms with Crippen LogP contribution >= 0.6 is 0 Å². The summed E-state index contributed by atoms with van der Waals surface area (Å²) in [6.45, 7) is 4.06. The first-order valence-electron chi connectivity index (χ1n) is 10.1. The maximum absolute atomic E-state index is 12.6. The predicted molar refractivity (Wildman–Crippen MR) is 123 cm³/mol. The maximum atomic E-state index is 12.6. The Balaban J connectivity index is 1.59. The van der Waals surface area contributed by atoms with Gasteiger partial charge in [-0.2, -0.15) is 0 Å². The van der Waals surface area contributed by atoms with Gasteiger partial charge in [-0.15, -0.1) is 0 Å². The number of benzene rings is 3. The summed E-state index contributed by atoms with van der Waals surface area (Å²) < 4.78 is 10.6. The largest absolute Gasteiger partial charge is 0.494 e. The molecule has 3 rings (SSSR count). The van der Waals surface area contributed by atoms with Crippen LogP contribution in [0.15, 0.2) is 84.9 Å². The van der Waals surface area contributed by atoms with Crippen LogP contribution in [0.5, 0.6) is 5.75 Å². The maximum Gasteiger partial charge on any atom is 0.331 e. The molecule has 0 saturated carbocycles. The van der Waals surface area contributed by atoms with Gasteiger partial charge in [0, 0.05) is 17.3 Å². The first-order chi connectivity index (χ1) is 15.1. The SMILES string of the molecule is CCOc1ccc(/C=C/C(=O)OC(C)C(=O)Nc2ccccc2-c2ccccc2)cc1. The Bertz CT molecular complexity index is 1040. The number of anilines is 1. The molecule has 0 bridgehead atoms. The lowest BCUT2D eigenvalue weighted by Gasteiger charge is -2.15. The summed E-state index contributed by atoms with van der Waals surface area (Å²) in [4.78, 5) is 24.7. The van der Waals surface area contributed by atoms with E-state index in [0.717, 1.165) is 22.4 Å². The quantitative estimate of drug-likeness (QED) is 0.399. The van der Waals surface area contributed by atoms with Crippen molar-refractivity contribution in [3.8, 4) is 16.9 Å². The number of esters is 1. The molecule has 0 aliphatic rings. The highest BCUT2D eigenvalue weighted by molar-refractivity contribution is 5.99. The van der Waals surface area contributed by atoms with E-state index in [-0.39, 0.29) is 0 Å². The Morgan fingerprint density at radius 2 is 1.61 bits per heavy atom. The topological polar surface area (TPSA) is 64.6 Å². The molecule has 5 nitrogen and oxygen atoms in total. The Morgan fingerprint density at radius 1 is 0.935 bits per heavy atom. The summed E-state index contributed by atoms with van der Waals surface area (Å²) in [5, 5.41) is 2.85. The van der Waals surface area contributed by atoms with Gasteiger partial charge in [0.1, 0.15) is 5.75 Å². The second kappa shape index (κ2) is 10.8. The molecule has 0 aliphatic heterocycles. The summed E-state index contributed by atoms with van der Waals surface area (Å²) >= 11 is 0. The summed E-state index contributed by atoms with van der Waals surface area (Å²) in [6, 6.07) is 24.6. The number of para-hydroxylation sites is 1. The minimum atomic E-state index is -0.943. The average Bonchev–Trinajstić information content (AvgIpc) is 2.79. The highest BCUT2D eigenvalue weighted by Crippen LogP contribution is 2.27. The van der Waals surface area contributed by atoms with Crippen molar-refractivity contribution in [3.63, 3.8) is 0 Å². The molecule has 0 spiro atoms. The normalized spacial score (nSPS) is 11.7. The number of carbonyl (C=O) groups is 2. The lowest BCUT2D eigenvalue weighted by molar-refractivity contribution is -0.148. The van der Waals surface area contributed by atoms with Crippen LogP contribution in [0, 0.1) is 0 Å². The Labute approximate surface area is 182 Å². The second-order valence-electron chi connectivity index (χ2n) is 6.82. The van der Waals surface area contributed by atoms with Crippen molar-refractivity contribution in [1.29, 1.82) is 0 Å². The van der Waals surface area contributed by atoms with Crippen LogP contribution in [0.25, 0.3) is 17.2 Å². The van der Waals surface area contributed by atoms with Crippen molar-refractivity contribution in [2.24, 2.45) is 0 Å². The van der Waals surface area contributed by atoms with E-state index in [2.05, 4.69) is 5.32 Å². The number of nitrogens with one attached hydrogen (secondary N) is 1. The third-order valence-electron chi connectivity index (χ3n) is 4.53. The zero-order valence-corrected chi connectivity index (χ0v) is 17.6. The van der Waals surface area contributed by atoms with E-state index in [1.165, 1.54) is 6.08 Å². The van der Waals surface area contributed by atoms with E-state index in [4.69, 9.17) is 9.47 Å². The van der Waals surface area contributed by atoms with Gasteiger partial charge < -0.3 is 14.8 Å². The van der Waals surface area contributed by atoms with E-state index >= 15 is 0 Å². The molecule has 1 amide bonds. The van der Waals surface area contributed by atoms with Gasteiger partial charge in [0.25, 0.3) is 5.91 Å². The van der Waals surface area contributed by atoms with Gasteiger partial charge in [0.2, 0.25) is 0 Å². The van der Waals surface area contributed by atoms with Crippen molar-refractivity contribution in [2.75, 3.05) is 11.9 Å². The molecule has 0 radical (unpaired) electrons. The zero-order chi connectivity index (χ0) is 22.1. The van der Waals surface area contributed by atoms with E-state index in [1.54, 1.807) is 13.0 Å². The van der Waals surface area contributed by atoms with Crippen molar-refractivity contribution in [3.05, 3.63) is 90.5 Å². The molecule has 3 aromatic rings. The second-order valence-corrected chi connectivity index (χ2v) is 6.82. The first-order valence-corrected chi connectivity index (χ1v) is 10.1. The fraction of sp³-hybridized carbons (Fsp3) is 0.154. The molecular weight excluding hydrogens is 390 g/mol.